The number of carbonyl (C=O) groups is 1. The number of carbonyl (C=O) groups excluding carboxylic acids is 1. The Bertz CT molecular complexity index is 465. The predicted octanol–water partition coefficient (Wildman–Crippen LogP) is 2.09. The maximum Gasteiger partial charge on any atom is 0.233 e. The zero-order valence-corrected chi connectivity index (χ0v) is 11.4. The second-order valence-electron chi connectivity index (χ2n) is 5.13. The summed E-state index contributed by atoms with van der Waals surface area (Å²) in [7, 11) is 0. The van der Waals surface area contributed by atoms with Gasteiger partial charge < -0.3 is 10.0 Å². The Hall–Kier alpha value is -1.42. The van der Waals surface area contributed by atoms with Gasteiger partial charge in [0.15, 0.2) is 0 Å². The van der Waals surface area contributed by atoms with Crippen molar-refractivity contribution in [2.45, 2.75) is 38.2 Å². The summed E-state index contributed by atoms with van der Waals surface area (Å²) in [5, 5.41) is 9.63. The second-order valence-corrected chi connectivity index (χ2v) is 5.13. The van der Waals surface area contributed by atoms with Crippen molar-refractivity contribution in [3.63, 3.8) is 0 Å². The fourth-order valence-corrected chi connectivity index (χ4v) is 2.88. The molecule has 2 rings (SSSR count). The third-order valence-electron chi connectivity index (χ3n) is 4.01. The molecular weight excluding hydrogens is 245 g/mol. The van der Waals surface area contributed by atoms with Crippen LogP contribution < -0.4 is 0 Å². The average Bonchev–Trinajstić information content (AvgIpc) is 2.36. The number of aliphatic hydroxyl groups excluding tert-OH is 1. The van der Waals surface area contributed by atoms with E-state index in [0.29, 0.717) is 31.5 Å². The van der Waals surface area contributed by atoms with Crippen LogP contribution in [0.15, 0.2) is 24.3 Å². The first-order valence-electron chi connectivity index (χ1n) is 6.77. The number of hydrogen-bond donors (Lipinski definition) is 1. The Morgan fingerprint density at radius 1 is 1.42 bits per heavy atom. The van der Waals surface area contributed by atoms with Gasteiger partial charge in [-0.3, -0.25) is 4.79 Å². The van der Waals surface area contributed by atoms with E-state index >= 15 is 0 Å². The molecule has 1 N–H and O–H groups in total. The highest BCUT2D eigenvalue weighted by molar-refractivity contribution is 5.89. The fraction of sp³-hybridized carbons (Fsp3) is 0.533. The van der Waals surface area contributed by atoms with Gasteiger partial charge in [0.2, 0.25) is 5.91 Å². The summed E-state index contributed by atoms with van der Waals surface area (Å²) >= 11 is 0. The van der Waals surface area contributed by atoms with Gasteiger partial charge >= 0.3 is 0 Å². The Morgan fingerprint density at radius 2 is 2.05 bits per heavy atom. The number of aliphatic hydroxyl groups is 1. The molecule has 1 fully saturated rings. The summed E-state index contributed by atoms with van der Waals surface area (Å²) in [4.78, 5) is 14.4. The molecular formula is C15H20FNO2. The number of likely N-dealkylation sites (N-methyl/N-ethyl adjacent to an activating group) is 1. The van der Waals surface area contributed by atoms with E-state index in [0.717, 1.165) is 0 Å². The zero-order valence-electron chi connectivity index (χ0n) is 11.4. The quantitative estimate of drug-likeness (QED) is 0.905. The molecule has 1 amide bonds. The Balaban J connectivity index is 2.36. The highest BCUT2D eigenvalue weighted by Crippen LogP contribution is 2.45. The summed E-state index contributed by atoms with van der Waals surface area (Å²) in [6, 6.07) is 6.17. The molecule has 19 heavy (non-hydrogen) atoms. The topological polar surface area (TPSA) is 40.5 Å². The molecule has 0 aromatic heterocycles. The van der Waals surface area contributed by atoms with Gasteiger partial charge in [0.1, 0.15) is 5.82 Å². The third kappa shape index (κ3) is 2.37. The second kappa shape index (κ2) is 5.29. The smallest absolute Gasteiger partial charge is 0.233 e. The van der Waals surface area contributed by atoms with Crippen LogP contribution in [0, 0.1) is 5.82 Å². The minimum absolute atomic E-state index is 0.00611. The third-order valence-corrected chi connectivity index (χ3v) is 4.01. The standard InChI is InChI=1S/C15H20FNO2/c1-3-17(4-2)14(19)15(9-13(18)10-15)11-6-5-7-12(16)8-11/h5-8,13,18H,3-4,9-10H2,1-2H3/t13-,15+. The summed E-state index contributed by atoms with van der Waals surface area (Å²) in [6.45, 7) is 5.11. The lowest BCUT2D eigenvalue weighted by Crippen LogP contribution is -2.56. The SMILES string of the molecule is CCN(CC)C(=O)[C@]1(c2cccc(F)c2)C[C@H](O)C1. The number of hydrogen-bond acceptors (Lipinski definition) is 2. The molecule has 0 spiro atoms. The molecule has 4 heteroatoms. The van der Waals surface area contributed by atoms with Gasteiger partial charge in [0.05, 0.1) is 11.5 Å². The van der Waals surface area contributed by atoms with E-state index in [4.69, 9.17) is 0 Å². The van der Waals surface area contributed by atoms with Crippen molar-refractivity contribution in [1.29, 1.82) is 0 Å². The van der Waals surface area contributed by atoms with Crippen LogP contribution in [0.25, 0.3) is 0 Å². The molecule has 3 nitrogen and oxygen atoms in total. The molecule has 1 saturated carbocycles. The number of rotatable bonds is 4. The highest BCUT2D eigenvalue weighted by Gasteiger charge is 2.52. The van der Waals surface area contributed by atoms with E-state index in [1.165, 1.54) is 12.1 Å². The largest absolute Gasteiger partial charge is 0.393 e. The van der Waals surface area contributed by atoms with E-state index in [2.05, 4.69) is 0 Å². The molecule has 0 atom stereocenters. The molecule has 1 aromatic rings. The van der Waals surface area contributed by atoms with E-state index in [1.54, 1.807) is 17.0 Å². The predicted molar refractivity (Wildman–Crippen MR) is 71.2 cm³/mol. The molecule has 0 unspecified atom stereocenters. The first kappa shape index (κ1) is 14.0. The van der Waals surface area contributed by atoms with Gasteiger partial charge in [0.25, 0.3) is 0 Å². The van der Waals surface area contributed by atoms with Crippen LogP contribution >= 0.6 is 0 Å². The van der Waals surface area contributed by atoms with Gasteiger partial charge in [-0.25, -0.2) is 4.39 Å². The van der Waals surface area contributed by atoms with Gasteiger partial charge in [-0.1, -0.05) is 12.1 Å². The van der Waals surface area contributed by atoms with Crippen LogP contribution in [0.1, 0.15) is 32.3 Å². The Morgan fingerprint density at radius 3 is 2.53 bits per heavy atom. The zero-order chi connectivity index (χ0) is 14.0. The van der Waals surface area contributed by atoms with E-state index in [1.807, 2.05) is 13.8 Å². The van der Waals surface area contributed by atoms with Crippen LogP contribution in [0.5, 0.6) is 0 Å². The maximum atomic E-state index is 13.4. The summed E-state index contributed by atoms with van der Waals surface area (Å²) in [6.07, 6.45) is 0.292. The van der Waals surface area contributed by atoms with Crippen molar-refractivity contribution in [2.24, 2.45) is 0 Å². The summed E-state index contributed by atoms with van der Waals surface area (Å²) < 4.78 is 13.4. The van der Waals surface area contributed by atoms with E-state index in [-0.39, 0.29) is 11.7 Å². The molecule has 0 aliphatic heterocycles. The van der Waals surface area contributed by atoms with Gasteiger partial charge in [-0.15, -0.1) is 0 Å². The summed E-state index contributed by atoms with van der Waals surface area (Å²) in [5.74, 6) is -0.348. The molecule has 0 saturated heterocycles. The molecule has 1 aliphatic rings. The highest BCUT2D eigenvalue weighted by atomic mass is 19.1. The van der Waals surface area contributed by atoms with Crippen LogP contribution in [-0.4, -0.2) is 35.1 Å². The Labute approximate surface area is 113 Å². The average molecular weight is 265 g/mol. The van der Waals surface area contributed by atoms with Crippen molar-refractivity contribution >= 4 is 5.91 Å². The number of halogens is 1. The van der Waals surface area contributed by atoms with Crippen molar-refractivity contribution in [3.8, 4) is 0 Å². The van der Waals surface area contributed by atoms with Gasteiger partial charge in [-0.05, 0) is 44.4 Å². The van der Waals surface area contributed by atoms with Crippen LogP contribution in [-0.2, 0) is 10.2 Å². The Kier molecular flexibility index (Phi) is 3.90. The molecule has 104 valence electrons. The maximum absolute atomic E-state index is 13.4. The van der Waals surface area contributed by atoms with Crippen LogP contribution in [0.4, 0.5) is 4.39 Å². The normalized spacial score (nSPS) is 25.8. The monoisotopic (exact) mass is 265 g/mol. The molecule has 0 radical (unpaired) electrons. The van der Waals surface area contributed by atoms with Gasteiger partial charge in [-0.2, -0.15) is 0 Å². The van der Waals surface area contributed by atoms with Crippen molar-refractivity contribution in [2.75, 3.05) is 13.1 Å². The lowest BCUT2D eigenvalue weighted by Gasteiger charge is -2.46. The van der Waals surface area contributed by atoms with Crippen LogP contribution in [0.3, 0.4) is 0 Å². The van der Waals surface area contributed by atoms with E-state index < -0.39 is 11.5 Å². The number of nitrogens with zero attached hydrogens (tertiary/aromatic N) is 1. The molecule has 1 aliphatic carbocycles. The number of benzene rings is 1. The first-order chi connectivity index (χ1) is 9.03. The molecule has 0 bridgehead atoms. The van der Waals surface area contributed by atoms with Gasteiger partial charge in [0, 0.05) is 13.1 Å². The van der Waals surface area contributed by atoms with Crippen molar-refractivity contribution < 1.29 is 14.3 Å². The lowest BCUT2D eigenvalue weighted by atomic mass is 9.61. The lowest BCUT2D eigenvalue weighted by molar-refractivity contribution is -0.145. The fourth-order valence-electron chi connectivity index (χ4n) is 2.88. The van der Waals surface area contributed by atoms with Crippen molar-refractivity contribution in [3.05, 3.63) is 35.6 Å². The molecule has 1 aromatic carbocycles. The minimum Gasteiger partial charge on any atom is -0.393 e. The minimum atomic E-state index is -0.743. The first-order valence-corrected chi connectivity index (χ1v) is 6.77. The van der Waals surface area contributed by atoms with E-state index in [9.17, 15) is 14.3 Å². The summed E-state index contributed by atoms with van der Waals surface area (Å²) in [5.41, 5.74) is -0.0669. The number of amides is 1. The van der Waals surface area contributed by atoms with Crippen LogP contribution in [0.2, 0.25) is 0 Å². The van der Waals surface area contributed by atoms with Crippen molar-refractivity contribution in [1.82, 2.24) is 4.90 Å². The molecule has 0 heterocycles.